The predicted octanol–water partition coefficient (Wildman–Crippen LogP) is 2.85. The van der Waals surface area contributed by atoms with Gasteiger partial charge in [0.1, 0.15) is 16.9 Å². The summed E-state index contributed by atoms with van der Waals surface area (Å²) in [7, 11) is 0. The first-order valence-corrected chi connectivity index (χ1v) is 10.1. The Morgan fingerprint density at radius 3 is 2.52 bits per heavy atom. The maximum Gasteiger partial charge on any atom is 0.288 e. The lowest BCUT2D eigenvalue weighted by molar-refractivity contribution is -0.384. The summed E-state index contributed by atoms with van der Waals surface area (Å²) in [5, 5.41) is 11.6. The standard InChI is InChI=1S/C21H18ClFN4O6/c1-11(2)20(30)26(24-19(29)12-7-8-13(22)16(9-12)27(32)33)17-10-18(28)25(21(17)31)15-6-4-3-5-14(15)23/h3-9,11,17H,10H2,1-2H3,(H,24,29). The molecule has 1 N–H and O–H groups in total. The first kappa shape index (κ1) is 23.8. The highest BCUT2D eigenvalue weighted by atomic mass is 35.5. The van der Waals surface area contributed by atoms with E-state index in [4.69, 9.17) is 11.6 Å². The summed E-state index contributed by atoms with van der Waals surface area (Å²) >= 11 is 5.76. The maximum atomic E-state index is 14.2. The van der Waals surface area contributed by atoms with Crippen molar-refractivity contribution in [2.24, 2.45) is 5.92 Å². The number of rotatable bonds is 5. The van der Waals surface area contributed by atoms with E-state index in [2.05, 4.69) is 5.43 Å². The number of amides is 4. The molecule has 2 aromatic rings. The number of imide groups is 1. The highest BCUT2D eigenvalue weighted by molar-refractivity contribution is 6.32. The molecule has 1 aliphatic heterocycles. The Hall–Kier alpha value is -3.86. The minimum absolute atomic E-state index is 0.191. The lowest BCUT2D eigenvalue weighted by Crippen LogP contribution is -2.56. The van der Waals surface area contributed by atoms with Gasteiger partial charge in [-0.3, -0.25) is 34.7 Å². The summed E-state index contributed by atoms with van der Waals surface area (Å²) in [6.45, 7) is 3.04. The molecule has 1 fully saturated rings. The molecule has 12 heteroatoms. The summed E-state index contributed by atoms with van der Waals surface area (Å²) in [6, 6.07) is 6.99. The van der Waals surface area contributed by atoms with Crippen LogP contribution < -0.4 is 10.3 Å². The van der Waals surface area contributed by atoms with Crippen molar-refractivity contribution in [3.63, 3.8) is 0 Å². The minimum atomic E-state index is -1.43. The van der Waals surface area contributed by atoms with Crippen LogP contribution in [0.2, 0.25) is 5.02 Å². The molecule has 1 unspecified atom stereocenters. The van der Waals surface area contributed by atoms with E-state index in [1.165, 1.54) is 38.1 Å². The SMILES string of the molecule is CC(C)C(=O)N(NC(=O)c1ccc(Cl)c([N+](=O)[O-])c1)C1CC(=O)N(c2ccccc2F)C1=O. The van der Waals surface area contributed by atoms with Gasteiger partial charge < -0.3 is 0 Å². The van der Waals surface area contributed by atoms with Crippen LogP contribution in [0.3, 0.4) is 0 Å². The summed E-state index contributed by atoms with van der Waals surface area (Å²) in [5.41, 5.74) is 1.27. The largest absolute Gasteiger partial charge is 0.288 e. The van der Waals surface area contributed by atoms with Gasteiger partial charge in [0.05, 0.1) is 17.0 Å². The molecule has 4 amide bonds. The van der Waals surface area contributed by atoms with Gasteiger partial charge >= 0.3 is 0 Å². The fourth-order valence-electron chi connectivity index (χ4n) is 3.24. The molecule has 0 aliphatic carbocycles. The number of carbonyl (C=O) groups is 4. The van der Waals surface area contributed by atoms with E-state index in [1.807, 2.05) is 0 Å². The third-order valence-electron chi connectivity index (χ3n) is 4.89. The second-order valence-corrected chi connectivity index (χ2v) is 7.87. The van der Waals surface area contributed by atoms with Gasteiger partial charge in [0.15, 0.2) is 0 Å². The topological polar surface area (TPSA) is 130 Å². The van der Waals surface area contributed by atoms with Gasteiger partial charge in [-0.2, -0.15) is 0 Å². The number of carbonyl (C=O) groups excluding carboxylic acids is 4. The van der Waals surface area contributed by atoms with Crippen molar-refractivity contribution < 1.29 is 28.5 Å². The summed E-state index contributed by atoms with van der Waals surface area (Å²) < 4.78 is 14.2. The number of halogens is 2. The van der Waals surface area contributed by atoms with Gasteiger partial charge in [-0.1, -0.05) is 37.6 Å². The fourth-order valence-corrected chi connectivity index (χ4v) is 3.42. The number of anilines is 1. The highest BCUT2D eigenvalue weighted by Crippen LogP contribution is 2.29. The minimum Gasteiger partial charge on any atom is -0.274 e. The zero-order chi connectivity index (χ0) is 24.4. The monoisotopic (exact) mass is 476 g/mol. The third-order valence-corrected chi connectivity index (χ3v) is 5.21. The number of hydrogen-bond acceptors (Lipinski definition) is 6. The Labute approximate surface area is 192 Å². The van der Waals surface area contributed by atoms with E-state index in [0.29, 0.717) is 9.91 Å². The van der Waals surface area contributed by atoms with Crippen LogP contribution in [0, 0.1) is 21.8 Å². The number of hydrazine groups is 1. The Morgan fingerprint density at radius 1 is 1.24 bits per heavy atom. The molecule has 2 aromatic carbocycles. The Balaban J connectivity index is 1.93. The molecule has 1 heterocycles. The maximum absolute atomic E-state index is 14.2. The van der Waals surface area contributed by atoms with Gasteiger partial charge in [0.2, 0.25) is 11.8 Å². The molecule has 0 saturated carbocycles. The average molecular weight is 477 g/mol. The normalized spacial score (nSPS) is 15.7. The van der Waals surface area contributed by atoms with Crippen LogP contribution in [0.5, 0.6) is 0 Å². The fraction of sp³-hybridized carbons (Fsp3) is 0.238. The Morgan fingerprint density at radius 2 is 1.91 bits per heavy atom. The number of hydrogen-bond donors (Lipinski definition) is 1. The second-order valence-electron chi connectivity index (χ2n) is 7.47. The van der Waals surface area contributed by atoms with Crippen molar-refractivity contribution in [3.05, 3.63) is 69.0 Å². The molecule has 3 rings (SSSR count). The highest BCUT2D eigenvalue weighted by Gasteiger charge is 2.46. The Kier molecular flexibility index (Phi) is 6.73. The van der Waals surface area contributed by atoms with Crippen molar-refractivity contribution in [2.45, 2.75) is 26.3 Å². The van der Waals surface area contributed by atoms with Crippen LogP contribution in [0.4, 0.5) is 15.8 Å². The predicted molar refractivity (Wildman–Crippen MR) is 115 cm³/mol. The summed E-state index contributed by atoms with van der Waals surface area (Å²) in [6.07, 6.45) is -0.493. The smallest absolute Gasteiger partial charge is 0.274 e. The quantitative estimate of drug-likeness (QED) is 0.401. The van der Waals surface area contributed by atoms with Crippen molar-refractivity contribution >= 4 is 46.6 Å². The van der Waals surface area contributed by atoms with Crippen molar-refractivity contribution in [3.8, 4) is 0 Å². The zero-order valence-corrected chi connectivity index (χ0v) is 18.2. The second kappa shape index (κ2) is 9.33. The van der Waals surface area contributed by atoms with Crippen molar-refractivity contribution in [1.82, 2.24) is 10.4 Å². The lowest BCUT2D eigenvalue weighted by Gasteiger charge is -2.29. The number of nitro groups is 1. The van der Waals surface area contributed by atoms with E-state index in [1.54, 1.807) is 0 Å². The zero-order valence-electron chi connectivity index (χ0n) is 17.5. The van der Waals surface area contributed by atoms with Crippen LogP contribution in [0.1, 0.15) is 30.6 Å². The number of benzene rings is 2. The summed E-state index contributed by atoms with van der Waals surface area (Å²) in [5.74, 6) is -4.77. The lowest BCUT2D eigenvalue weighted by atomic mass is 10.1. The first-order chi connectivity index (χ1) is 15.5. The van der Waals surface area contributed by atoms with Crippen LogP contribution in [0.15, 0.2) is 42.5 Å². The molecule has 172 valence electrons. The molecular formula is C21H18ClFN4O6. The van der Waals surface area contributed by atoms with Gasteiger partial charge in [-0.15, -0.1) is 0 Å². The van der Waals surface area contributed by atoms with E-state index in [-0.39, 0.29) is 16.3 Å². The van der Waals surface area contributed by atoms with Gasteiger partial charge in [0, 0.05) is 17.5 Å². The van der Waals surface area contributed by atoms with Crippen LogP contribution >= 0.6 is 11.6 Å². The van der Waals surface area contributed by atoms with E-state index in [9.17, 15) is 33.7 Å². The number of nitro benzene ring substituents is 1. The number of para-hydroxylation sites is 1. The molecule has 0 radical (unpaired) electrons. The average Bonchev–Trinajstić information content (AvgIpc) is 3.05. The molecule has 33 heavy (non-hydrogen) atoms. The molecule has 1 saturated heterocycles. The molecule has 1 aliphatic rings. The van der Waals surface area contributed by atoms with Gasteiger partial charge in [0.25, 0.3) is 17.5 Å². The van der Waals surface area contributed by atoms with E-state index >= 15 is 0 Å². The van der Waals surface area contributed by atoms with Crippen LogP contribution in [-0.4, -0.2) is 39.6 Å². The molecule has 0 spiro atoms. The molecular weight excluding hydrogens is 459 g/mol. The number of nitrogens with zero attached hydrogens (tertiary/aromatic N) is 3. The number of nitrogens with one attached hydrogen (secondary N) is 1. The van der Waals surface area contributed by atoms with E-state index < -0.39 is 58.4 Å². The molecule has 10 nitrogen and oxygen atoms in total. The van der Waals surface area contributed by atoms with E-state index in [0.717, 1.165) is 18.2 Å². The summed E-state index contributed by atoms with van der Waals surface area (Å²) in [4.78, 5) is 62.1. The first-order valence-electron chi connectivity index (χ1n) is 9.72. The van der Waals surface area contributed by atoms with Crippen molar-refractivity contribution in [1.29, 1.82) is 0 Å². The molecule has 1 atom stereocenters. The molecule has 0 bridgehead atoms. The van der Waals surface area contributed by atoms with Crippen molar-refractivity contribution in [2.75, 3.05) is 4.90 Å². The van der Waals surface area contributed by atoms with Gasteiger partial charge in [-0.05, 0) is 24.3 Å². The third kappa shape index (κ3) is 4.67. The van der Waals surface area contributed by atoms with Crippen LogP contribution in [0.25, 0.3) is 0 Å². The van der Waals surface area contributed by atoms with Crippen LogP contribution in [-0.2, 0) is 14.4 Å². The van der Waals surface area contributed by atoms with Gasteiger partial charge in [-0.25, -0.2) is 14.3 Å². The Bertz CT molecular complexity index is 1170. The molecule has 0 aromatic heterocycles.